The molecule has 0 aliphatic rings. The van der Waals surface area contributed by atoms with Crippen molar-refractivity contribution < 1.29 is 5.21 Å². The van der Waals surface area contributed by atoms with Crippen molar-refractivity contribution in [1.82, 2.24) is 20.0 Å². The van der Waals surface area contributed by atoms with Crippen molar-refractivity contribution in [1.29, 1.82) is 0 Å². The Morgan fingerprint density at radius 3 is 2.03 bits per heavy atom. The molecule has 2 N–H and O–H groups in total. The summed E-state index contributed by atoms with van der Waals surface area (Å²) in [6.45, 7) is 0. The van der Waals surface area contributed by atoms with Gasteiger partial charge in [0.25, 0.3) is 5.56 Å². The molecule has 0 bridgehead atoms. The molecule has 5 rings (SSSR count). The number of H-pyrrole nitrogens is 1. The van der Waals surface area contributed by atoms with Gasteiger partial charge in [-0.3, -0.25) is 4.79 Å². The van der Waals surface area contributed by atoms with Crippen LogP contribution in [-0.4, -0.2) is 31.4 Å². The van der Waals surface area contributed by atoms with E-state index in [9.17, 15) is 10.0 Å². The van der Waals surface area contributed by atoms with Gasteiger partial charge >= 0.3 is 0 Å². The molecular formula is C26H19N5O2. The molecule has 0 atom stereocenters. The zero-order valence-electron chi connectivity index (χ0n) is 17.5. The summed E-state index contributed by atoms with van der Waals surface area (Å²) in [5.41, 5.74) is 4.60. The van der Waals surface area contributed by atoms with E-state index in [1.807, 2.05) is 91.0 Å². The van der Waals surface area contributed by atoms with Crippen molar-refractivity contribution >= 4 is 6.21 Å². The Labute approximate surface area is 189 Å². The molecule has 0 amide bonds. The highest BCUT2D eigenvalue weighted by molar-refractivity contribution is 5.96. The summed E-state index contributed by atoms with van der Waals surface area (Å²) in [5, 5.41) is 24.2. The molecule has 7 heteroatoms. The van der Waals surface area contributed by atoms with E-state index in [2.05, 4.69) is 15.4 Å². The Morgan fingerprint density at radius 2 is 1.39 bits per heavy atom. The summed E-state index contributed by atoms with van der Waals surface area (Å²) in [5.74, 6) is 0. The SMILES string of the molecule is O=c1[nH]nc(-c2ccccc2)c(-c2ccccc2)c1-c1nn(-c2ccccc2)cc1/C=N/O. The molecule has 2 heterocycles. The molecule has 160 valence electrons. The second-order valence-corrected chi connectivity index (χ2v) is 7.34. The first-order valence-electron chi connectivity index (χ1n) is 10.3. The average molecular weight is 433 g/mol. The van der Waals surface area contributed by atoms with Crippen molar-refractivity contribution in [2.45, 2.75) is 0 Å². The number of hydrogen-bond donors (Lipinski definition) is 2. The minimum Gasteiger partial charge on any atom is -0.411 e. The van der Waals surface area contributed by atoms with Gasteiger partial charge < -0.3 is 5.21 Å². The number of aromatic amines is 1. The number of benzene rings is 3. The smallest absolute Gasteiger partial charge is 0.274 e. The third-order valence-electron chi connectivity index (χ3n) is 5.29. The van der Waals surface area contributed by atoms with Crippen molar-refractivity contribution in [3.63, 3.8) is 0 Å². The quantitative estimate of drug-likeness (QED) is 0.237. The summed E-state index contributed by atoms with van der Waals surface area (Å²) in [4.78, 5) is 13.2. The Hall–Kier alpha value is -4.78. The van der Waals surface area contributed by atoms with Crippen LogP contribution in [0.1, 0.15) is 5.56 Å². The standard InChI is InChI=1S/C26H19N5O2/c32-26-23(25-20(16-27-33)17-31(30-25)21-14-8-3-9-15-21)22(18-10-4-1-5-11-18)24(28-29-26)19-12-6-2-7-13-19/h1-17,33H,(H,29,32)/b27-16+. The zero-order chi connectivity index (χ0) is 22.6. The molecule has 2 aromatic heterocycles. The Morgan fingerprint density at radius 1 is 0.788 bits per heavy atom. The third kappa shape index (κ3) is 3.83. The number of para-hydroxylation sites is 1. The number of aromatic nitrogens is 4. The largest absolute Gasteiger partial charge is 0.411 e. The van der Waals surface area contributed by atoms with Crippen LogP contribution < -0.4 is 5.56 Å². The van der Waals surface area contributed by atoms with E-state index in [0.29, 0.717) is 28.1 Å². The number of nitrogens with zero attached hydrogens (tertiary/aromatic N) is 4. The molecule has 3 aromatic carbocycles. The molecule has 0 saturated heterocycles. The van der Waals surface area contributed by atoms with Gasteiger partial charge in [-0.15, -0.1) is 0 Å². The molecule has 0 unspecified atom stereocenters. The van der Waals surface area contributed by atoms with E-state index in [1.165, 1.54) is 6.21 Å². The van der Waals surface area contributed by atoms with E-state index >= 15 is 0 Å². The van der Waals surface area contributed by atoms with Gasteiger partial charge in [0.1, 0.15) is 5.69 Å². The monoisotopic (exact) mass is 433 g/mol. The van der Waals surface area contributed by atoms with Crippen LogP contribution in [0.15, 0.2) is 107 Å². The minimum absolute atomic E-state index is 0.347. The molecule has 0 saturated carbocycles. The first-order chi connectivity index (χ1) is 16.3. The number of rotatable bonds is 5. The molecule has 5 aromatic rings. The van der Waals surface area contributed by atoms with Gasteiger partial charge in [-0.2, -0.15) is 10.2 Å². The number of oxime groups is 1. The van der Waals surface area contributed by atoms with Gasteiger partial charge in [-0.25, -0.2) is 9.78 Å². The number of nitrogens with one attached hydrogen (secondary N) is 1. The highest BCUT2D eigenvalue weighted by atomic mass is 16.4. The minimum atomic E-state index is -0.389. The lowest BCUT2D eigenvalue weighted by Crippen LogP contribution is -2.15. The van der Waals surface area contributed by atoms with E-state index in [-0.39, 0.29) is 5.56 Å². The molecule has 0 fully saturated rings. The van der Waals surface area contributed by atoms with E-state index in [4.69, 9.17) is 5.10 Å². The molecule has 0 radical (unpaired) electrons. The van der Waals surface area contributed by atoms with Crippen molar-refractivity contribution in [2.75, 3.05) is 0 Å². The Balaban J connectivity index is 1.84. The fourth-order valence-electron chi connectivity index (χ4n) is 3.82. The Kier molecular flexibility index (Phi) is 5.35. The van der Waals surface area contributed by atoms with Gasteiger partial charge in [0, 0.05) is 22.9 Å². The third-order valence-corrected chi connectivity index (χ3v) is 5.29. The topological polar surface area (TPSA) is 96.2 Å². The fourth-order valence-corrected chi connectivity index (χ4v) is 3.82. The lowest BCUT2D eigenvalue weighted by atomic mass is 9.93. The molecule has 0 aliphatic heterocycles. The predicted octanol–water partition coefficient (Wildman–Crippen LogP) is 4.76. The predicted molar refractivity (Wildman–Crippen MR) is 128 cm³/mol. The zero-order valence-corrected chi connectivity index (χ0v) is 17.5. The van der Waals surface area contributed by atoms with Crippen molar-refractivity contribution in [2.24, 2.45) is 5.16 Å². The molecule has 0 aliphatic carbocycles. The fraction of sp³-hybridized carbons (Fsp3) is 0. The van der Waals surface area contributed by atoms with Crippen LogP contribution in [0.5, 0.6) is 0 Å². The maximum atomic E-state index is 13.2. The van der Waals surface area contributed by atoms with E-state index in [0.717, 1.165) is 16.8 Å². The summed E-state index contributed by atoms with van der Waals surface area (Å²) >= 11 is 0. The van der Waals surface area contributed by atoms with Crippen LogP contribution in [-0.2, 0) is 0 Å². The average Bonchev–Trinajstić information content (AvgIpc) is 3.29. The highest BCUT2D eigenvalue weighted by Crippen LogP contribution is 2.36. The van der Waals surface area contributed by atoms with Crippen molar-refractivity contribution in [3.05, 3.63) is 113 Å². The van der Waals surface area contributed by atoms with Crippen molar-refractivity contribution in [3.8, 4) is 39.3 Å². The van der Waals surface area contributed by atoms with E-state index in [1.54, 1.807) is 10.9 Å². The first-order valence-corrected chi connectivity index (χ1v) is 10.3. The van der Waals surface area contributed by atoms with Crippen LogP contribution in [0.3, 0.4) is 0 Å². The second kappa shape index (κ2) is 8.76. The molecular weight excluding hydrogens is 414 g/mol. The van der Waals surface area contributed by atoms with Crippen LogP contribution in [0.25, 0.3) is 39.3 Å². The normalized spacial score (nSPS) is 11.2. The Bertz CT molecular complexity index is 1470. The van der Waals surface area contributed by atoms with Crippen LogP contribution >= 0.6 is 0 Å². The first kappa shape index (κ1) is 20.1. The maximum absolute atomic E-state index is 13.2. The van der Waals surface area contributed by atoms with Gasteiger partial charge in [-0.1, -0.05) is 84.0 Å². The van der Waals surface area contributed by atoms with Gasteiger partial charge in [0.15, 0.2) is 0 Å². The van der Waals surface area contributed by atoms with E-state index < -0.39 is 0 Å². The van der Waals surface area contributed by atoms with Crippen LogP contribution in [0.2, 0.25) is 0 Å². The second-order valence-electron chi connectivity index (χ2n) is 7.34. The summed E-state index contributed by atoms with van der Waals surface area (Å²) in [6, 6.07) is 28.8. The molecule has 0 spiro atoms. The highest BCUT2D eigenvalue weighted by Gasteiger charge is 2.23. The lowest BCUT2D eigenvalue weighted by molar-refractivity contribution is 0.322. The lowest BCUT2D eigenvalue weighted by Gasteiger charge is -2.13. The van der Waals surface area contributed by atoms with Gasteiger partial charge in [-0.05, 0) is 17.7 Å². The molecule has 7 nitrogen and oxygen atoms in total. The number of hydrogen-bond acceptors (Lipinski definition) is 5. The van der Waals surface area contributed by atoms with Gasteiger partial charge in [0.2, 0.25) is 0 Å². The summed E-state index contributed by atoms with van der Waals surface area (Å²) < 4.78 is 1.66. The molecule has 33 heavy (non-hydrogen) atoms. The van der Waals surface area contributed by atoms with Crippen LogP contribution in [0, 0.1) is 0 Å². The maximum Gasteiger partial charge on any atom is 0.274 e. The van der Waals surface area contributed by atoms with Crippen LogP contribution in [0.4, 0.5) is 0 Å². The summed E-state index contributed by atoms with van der Waals surface area (Å²) in [6.07, 6.45) is 3.00. The summed E-state index contributed by atoms with van der Waals surface area (Å²) in [7, 11) is 0. The van der Waals surface area contributed by atoms with Gasteiger partial charge in [0.05, 0.1) is 23.2 Å².